The highest BCUT2D eigenvalue weighted by Gasteiger charge is 2.16. The highest BCUT2D eigenvalue weighted by Crippen LogP contribution is 2.40. The molecule has 3 N–H and O–H groups in total. The Morgan fingerprint density at radius 2 is 1.83 bits per heavy atom. The van der Waals surface area contributed by atoms with Crippen molar-refractivity contribution < 1.29 is 28.5 Å². The minimum absolute atomic E-state index is 0.000683. The second-order valence-electron chi connectivity index (χ2n) is 6.09. The zero-order valence-corrected chi connectivity index (χ0v) is 16.5. The maximum atomic E-state index is 12.0. The molecule has 0 aliphatic heterocycles. The van der Waals surface area contributed by atoms with Crippen LogP contribution in [0.5, 0.6) is 17.2 Å². The number of methoxy groups -OCH3 is 3. The number of nitrogens with zero attached hydrogens (tertiary/aromatic N) is 2. The summed E-state index contributed by atoms with van der Waals surface area (Å²) in [7, 11) is 4.47. The summed E-state index contributed by atoms with van der Waals surface area (Å²) in [6.45, 7) is 1.49. The van der Waals surface area contributed by atoms with Crippen molar-refractivity contribution in [1.82, 2.24) is 4.98 Å². The number of carbonyl (C=O) groups excluding carboxylic acids is 1. The third-order valence-corrected chi connectivity index (χ3v) is 4.37. The second kappa shape index (κ2) is 8.19. The van der Waals surface area contributed by atoms with E-state index in [0.717, 1.165) is 0 Å². The molecule has 0 atom stereocenters. The average molecular weight is 399 g/mol. The molecule has 0 bridgehead atoms. The number of aliphatic hydroxyl groups is 1. The maximum Gasteiger partial charge on any atom is 0.254 e. The molecular formula is C20H21N3O6. The van der Waals surface area contributed by atoms with Crippen molar-refractivity contribution in [2.45, 2.75) is 13.5 Å². The van der Waals surface area contributed by atoms with Gasteiger partial charge in [0.1, 0.15) is 5.56 Å². The van der Waals surface area contributed by atoms with E-state index in [1.165, 1.54) is 33.6 Å². The number of ether oxygens (including phenoxy) is 3. The topological polar surface area (TPSA) is 129 Å². The Morgan fingerprint density at radius 1 is 1.17 bits per heavy atom. The molecule has 152 valence electrons. The van der Waals surface area contributed by atoms with Crippen LogP contribution < -0.4 is 25.5 Å². The van der Waals surface area contributed by atoms with Crippen molar-refractivity contribution in [2.24, 2.45) is 10.7 Å². The van der Waals surface area contributed by atoms with Gasteiger partial charge in [0.25, 0.3) is 5.91 Å². The molecule has 1 aromatic carbocycles. The van der Waals surface area contributed by atoms with Crippen LogP contribution in [-0.2, 0) is 6.61 Å². The van der Waals surface area contributed by atoms with Gasteiger partial charge in [-0.25, -0.2) is 4.99 Å². The molecule has 0 aliphatic carbocycles. The number of nitrogens with two attached hydrogens (primary N) is 1. The number of benzene rings is 1. The summed E-state index contributed by atoms with van der Waals surface area (Å²) in [5, 5.41) is 10.1. The standard InChI is InChI=1S/C20H21N3O6/c1-10-17-13(11(9-24)8-22-10)7-14(19(21)25)20(29-17)23-12-5-15(26-2)18(28-4)16(6-12)27-3/h5-8,24H,9H2,1-4H3,(H2,21,25). The lowest BCUT2D eigenvalue weighted by Gasteiger charge is -2.12. The first-order valence-electron chi connectivity index (χ1n) is 8.61. The van der Waals surface area contributed by atoms with Crippen LogP contribution in [0.1, 0.15) is 21.6 Å². The zero-order chi connectivity index (χ0) is 21.1. The fourth-order valence-corrected chi connectivity index (χ4v) is 2.92. The lowest BCUT2D eigenvalue weighted by molar-refractivity contribution is 0.0996. The number of fused-ring (bicyclic) bond motifs is 1. The van der Waals surface area contributed by atoms with E-state index in [4.69, 9.17) is 24.4 Å². The van der Waals surface area contributed by atoms with Crippen LogP contribution in [0.4, 0.5) is 5.69 Å². The fraction of sp³-hybridized carbons (Fsp3) is 0.250. The number of hydrogen-bond acceptors (Lipinski definition) is 8. The molecule has 0 fully saturated rings. The number of aryl methyl sites for hydroxylation is 1. The number of pyridine rings is 1. The molecule has 1 amide bonds. The van der Waals surface area contributed by atoms with E-state index >= 15 is 0 Å². The second-order valence-corrected chi connectivity index (χ2v) is 6.09. The SMILES string of the molecule is COc1cc(N=c2oc3c(C)ncc(CO)c3cc2C(N)=O)cc(OC)c1OC. The third-order valence-electron chi connectivity index (χ3n) is 4.37. The molecule has 0 radical (unpaired) electrons. The predicted octanol–water partition coefficient (Wildman–Crippen LogP) is 1.99. The van der Waals surface area contributed by atoms with Gasteiger partial charge in [0.15, 0.2) is 17.1 Å². The Bertz CT molecular complexity index is 1130. The summed E-state index contributed by atoms with van der Waals surface area (Å²) in [4.78, 5) is 20.7. The number of rotatable bonds is 6. The van der Waals surface area contributed by atoms with E-state index < -0.39 is 5.91 Å². The summed E-state index contributed by atoms with van der Waals surface area (Å²) in [5.41, 5.74) is 7.48. The molecule has 0 saturated heterocycles. The van der Waals surface area contributed by atoms with Gasteiger partial charge in [0.2, 0.25) is 11.3 Å². The van der Waals surface area contributed by atoms with Gasteiger partial charge in [-0.1, -0.05) is 0 Å². The fourth-order valence-electron chi connectivity index (χ4n) is 2.92. The largest absolute Gasteiger partial charge is 0.493 e. The van der Waals surface area contributed by atoms with Crippen molar-refractivity contribution in [2.75, 3.05) is 21.3 Å². The van der Waals surface area contributed by atoms with Crippen LogP contribution in [0.2, 0.25) is 0 Å². The summed E-state index contributed by atoms with van der Waals surface area (Å²) >= 11 is 0. The average Bonchev–Trinajstić information content (AvgIpc) is 2.73. The van der Waals surface area contributed by atoms with Gasteiger partial charge in [0.05, 0.1) is 39.3 Å². The van der Waals surface area contributed by atoms with Gasteiger partial charge in [-0.05, 0) is 13.0 Å². The minimum Gasteiger partial charge on any atom is -0.493 e. The predicted molar refractivity (Wildman–Crippen MR) is 105 cm³/mol. The third kappa shape index (κ3) is 3.72. The molecule has 0 saturated carbocycles. The smallest absolute Gasteiger partial charge is 0.254 e. The van der Waals surface area contributed by atoms with E-state index in [2.05, 4.69) is 9.98 Å². The molecule has 2 heterocycles. The molecular weight excluding hydrogens is 378 g/mol. The Kier molecular flexibility index (Phi) is 5.69. The molecule has 0 spiro atoms. The van der Waals surface area contributed by atoms with Crippen LogP contribution in [-0.4, -0.2) is 37.3 Å². The molecule has 29 heavy (non-hydrogen) atoms. The number of primary amides is 1. The van der Waals surface area contributed by atoms with Gasteiger partial charge in [-0.3, -0.25) is 9.78 Å². The minimum atomic E-state index is -0.722. The Hall–Kier alpha value is -3.59. The van der Waals surface area contributed by atoms with Gasteiger partial charge in [0, 0.05) is 29.3 Å². The summed E-state index contributed by atoms with van der Waals surface area (Å²) in [5.74, 6) is 0.479. The number of aromatic nitrogens is 1. The molecule has 2 aromatic heterocycles. The summed E-state index contributed by atoms with van der Waals surface area (Å²) in [6, 6.07) is 4.76. The van der Waals surface area contributed by atoms with Crippen LogP contribution in [0.25, 0.3) is 11.0 Å². The van der Waals surface area contributed by atoms with Crippen LogP contribution in [0.3, 0.4) is 0 Å². The molecule has 0 aliphatic rings. The van der Waals surface area contributed by atoms with Gasteiger partial charge in [-0.2, -0.15) is 0 Å². The lowest BCUT2D eigenvalue weighted by Crippen LogP contribution is -2.22. The number of amides is 1. The number of carbonyl (C=O) groups is 1. The highest BCUT2D eigenvalue weighted by atomic mass is 16.5. The monoisotopic (exact) mass is 399 g/mol. The van der Waals surface area contributed by atoms with E-state index in [1.807, 2.05) is 0 Å². The van der Waals surface area contributed by atoms with E-state index in [-0.39, 0.29) is 17.7 Å². The van der Waals surface area contributed by atoms with Gasteiger partial charge < -0.3 is 29.5 Å². The zero-order valence-electron chi connectivity index (χ0n) is 16.5. The number of aliphatic hydroxyl groups excluding tert-OH is 1. The Balaban J connectivity index is 2.34. The first kappa shape index (κ1) is 20.2. The summed E-state index contributed by atoms with van der Waals surface area (Å²) < 4.78 is 21.8. The first-order chi connectivity index (χ1) is 13.9. The van der Waals surface area contributed by atoms with E-state index in [0.29, 0.717) is 45.2 Å². The molecule has 3 aromatic rings. The van der Waals surface area contributed by atoms with Crippen molar-refractivity contribution in [3.63, 3.8) is 0 Å². The summed E-state index contributed by atoms with van der Waals surface area (Å²) in [6.07, 6.45) is 1.52. The molecule has 9 heteroatoms. The lowest BCUT2D eigenvalue weighted by atomic mass is 10.1. The normalized spacial score (nSPS) is 11.6. The molecule has 9 nitrogen and oxygen atoms in total. The van der Waals surface area contributed by atoms with Gasteiger partial charge in [-0.15, -0.1) is 0 Å². The number of hydrogen-bond donors (Lipinski definition) is 2. The first-order valence-corrected chi connectivity index (χ1v) is 8.61. The van der Waals surface area contributed by atoms with Crippen LogP contribution in [0, 0.1) is 6.92 Å². The van der Waals surface area contributed by atoms with Crippen molar-refractivity contribution in [3.8, 4) is 17.2 Å². The Labute approximate surface area is 166 Å². The van der Waals surface area contributed by atoms with E-state index in [9.17, 15) is 9.90 Å². The quantitative estimate of drug-likeness (QED) is 0.648. The van der Waals surface area contributed by atoms with Crippen molar-refractivity contribution >= 4 is 22.6 Å². The molecule has 0 unspecified atom stereocenters. The maximum absolute atomic E-state index is 12.0. The van der Waals surface area contributed by atoms with Crippen LogP contribution >= 0.6 is 0 Å². The van der Waals surface area contributed by atoms with Gasteiger partial charge >= 0.3 is 0 Å². The van der Waals surface area contributed by atoms with Crippen molar-refractivity contribution in [1.29, 1.82) is 0 Å². The molecule has 3 rings (SSSR count). The Morgan fingerprint density at radius 3 is 2.34 bits per heavy atom. The van der Waals surface area contributed by atoms with E-state index in [1.54, 1.807) is 19.1 Å². The highest BCUT2D eigenvalue weighted by molar-refractivity contribution is 5.96. The van der Waals surface area contributed by atoms with Crippen molar-refractivity contribution in [3.05, 3.63) is 46.8 Å². The van der Waals surface area contributed by atoms with Crippen LogP contribution in [0.15, 0.2) is 33.8 Å².